The maximum atomic E-state index is 11.2. The smallest absolute Gasteiger partial charge is 0.258 e. The van der Waals surface area contributed by atoms with Crippen LogP contribution in [0.25, 0.3) is 0 Å². The summed E-state index contributed by atoms with van der Waals surface area (Å²) in [5.74, 6) is 0. The number of benzene rings is 1. The van der Waals surface area contributed by atoms with Gasteiger partial charge in [0, 0.05) is 21.2 Å². The van der Waals surface area contributed by atoms with Gasteiger partial charge in [-0.05, 0) is 22.0 Å². The van der Waals surface area contributed by atoms with Crippen LogP contribution in [-0.4, -0.2) is 13.3 Å². The second-order valence-electron chi connectivity index (χ2n) is 2.58. The molecule has 84 valence electrons. The summed E-state index contributed by atoms with van der Waals surface area (Å²) in [6.45, 7) is 0. The molecule has 0 saturated heterocycles. The molecule has 0 saturated carbocycles. The average molecular weight is 326 g/mol. The van der Waals surface area contributed by atoms with Crippen LogP contribution < -0.4 is 0 Å². The molecule has 0 radical (unpaired) electrons. The van der Waals surface area contributed by atoms with E-state index in [2.05, 4.69) is 15.9 Å². The minimum atomic E-state index is -4.37. The minimum absolute atomic E-state index is 0.125. The van der Waals surface area contributed by atoms with E-state index in [4.69, 9.17) is 15.9 Å². The molecule has 0 aliphatic rings. The lowest BCUT2D eigenvalue weighted by atomic mass is 10.2. The Morgan fingerprint density at radius 2 is 2.06 bits per heavy atom. The molecule has 0 heterocycles. The first-order chi connectivity index (χ1) is 7.29. The molecular weight excluding hydrogens is 324 g/mol. The molecule has 1 aromatic carbocycles. The molecule has 0 fully saturated rings. The second-order valence-corrected chi connectivity index (χ2v) is 5.93. The van der Waals surface area contributed by atoms with Gasteiger partial charge in [0.1, 0.15) is 6.07 Å². The molecule has 6 nitrogen and oxygen atoms in total. The zero-order valence-electron chi connectivity index (χ0n) is 7.35. The van der Waals surface area contributed by atoms with Gasteiger partial charge in [-0.3, -0.25) is 10.1 Å². The van der Waals surface area contributed by atoms with Crippen molar-refractivity contribution in [1.29, 1.82) is 5.26 Å². The summed E-state index contributed by atoms with van der Waals surface area (Å²) in [6, 6.07) is 3.72. The fraction of sp³-hybridized carbons (Fsp3) is 0. The standard InChI is InChI=1S/C7H2BrClN2O4S/c8-5-1-2-6(11(12)13)7(4(5)3-10)16(9,14)15/h1-2H. The third kappa shape index (κ3) is 2.32. The van der Waals surface area contributed by atoms with Gasteiger partial charge >= 0.3 is 0 Å². The van der Waals surface area contributed by atoms with E-state index in [-0.39, 0.29) is 10.0 Å². The normalized spacial score (nSPS) is 10.8. The lowest BCUT2D eigenvalue weighted by molar-refractivity contribution is -0.387. The summed E-state index contributed by atoms with van der Waals surface area (Å²) in [4.78, 5) is 8.90. The molecule has 9 heteroatoms. The highest BCUT2D eigenvalue weighted by Crippen LogP contribution is 2.34. The molecular formula is C7H2BrClN2O4S. The van der Waals surface area contributed by atoms with Crippen LogP contribution in [0.15, 0.2) is 21.5 Å². The number of nitro groups is 1. The third-order valence-electron chi connectivity index (χ3n) is 1.64. The van der Waals surface area contributed by atoms with Crippen LogP contribution in [0.2, 0.25) is 0 Å². The van der Waals surface area contributed by atoms with Crippen LogP contribution in [0, 0.1) is 21.4 Å². The van der Waals surface area contributed by atoms with Crippen molar-refractivity contribution in [3.63, 3.8) is 0 Å². The number of nitrogens with zero attached hydrogens (tertiary/aromatic N) is 2. The van der Waals surface area contributed by atoms with E-state index in [1.807, 2.05) is 0 Å². The zero-order chi connectivity index (χ0) is 12.5. The Morgan fingerprint density at radius 1 is 1.50 bits per heavy atom. The Hall–Kier alpha value is -1.17. The summed E-state index contributed by atoms with van der Waals surface area (Å²) in [5.41, 5.74) is -1.11. The number of rotatable bonds is 2. The van der Waals surface area contributed by atoms with Crippen molar-refractivity contribution in [3.05, 3.63) is 32.3 Å². The highest BCUT2D eigenvalue weighted by atomic mass is 79.9. The lowest BCUT2D eigenvalue weighted by Gasteiger charge is -2.02. The van der Waals surface area contributed by atoms with Gasteiger partial charge in [0.05, 0.1) is 10.5 Å². The average Bonchev–Trinajstić information content (AvgIpc) is 2.15. The van der Waals surface area contributed by atoms with Crippen LogP contribution in [-0.2, 0) is 9.05 Å². The van der Waals surface area contributed by atoms with Gasteiger partial charge in [0.15, 0.2) is 4.90 Å². The highest BCUT2D eigenvalue weighted by molar-refractivity contribution is 9.10. The van der Waals surface area contributed by atoms with Crippen LogP contribution >= 0.6 is 26.6 Å². The maximum absolute atomic E-state index is 11.2. The molecule has 0 atom stereocenters. The van der Waals surface area contributed by atoms with Crippen LogP contribution in [0.3, 0.4) is 0 Å². The summed E-state index contributed by atoms with van der Waals surface area (Å²) >= 11 is 2.91. The van der Waals surface area contributed by atoms with E-state index in [9.17, 15) is 18.5 Å². The van der Waals surface area contributed by atoms with E-state index in [1.165, 1.54) is 6.07 Å². The molecule has 0 amide bonds. The fourth-order valence-electron chi connectivity index (χ4n) is 1.04. The molecule has 16 heavy (non-hydrogen) atoms. The Labute approximate surface area is 103 Å². The molecule has 0 spiro atoms. The third-order valence-corrected chi connectivity index (χ3v) is 3.66. The van der Waals surface area contributed by atoms with E-state index in [1.54, 1.807) is 6.07 Å². The van der Waals surface area contributed by atoms with Gasteiger partial charge in [0.25, 0.3) is 14.7 Å². The van der Waals surface area contributed by atoms with Crippen LogP contribution in [0.5, 0.6) is 0 Å². The summed E-state index contributed by atoms with van der Waals surface area (Å²) in [7, 11) is 0.694. The largest absolute Gasteiger partial charge is 0.290 e. The van der Waals surface area contributed by atoms with Crippen LogP contribution in [0.1, 0.15) is 5.56 Å². The topological polar surface area (TPSA) is 101 Å². The number of halogens is 2. The number of nitro benzene ring substituents is 1. The Morgan fingerprint density at radius 3 is 2.44 bits per heavy atom. The molecule has 1 rings (SSSR count). The van der Waals surface area contributed by atoms with Crippen molar-refractivity contribution in [2.45, 2.75) is 4.90 Å². The van der Waals surface area contributed by atoms with E-state index in [0.717, 1.165) is 6.07 Å². The Balaban J connectivity index is 3.84. The second kappa shape index (κ2) is 4.37. The predicted octanol–water partition coefficient (Wildman–Crippen LogP) is 2.16. The molecule has 0 unspecified atom stereocenters. The van der Waals surface area contributed by atoms with Crippen LogP contribution in [0.4, 0.5) is 5.69 Å². The van der Waals surface area contributed by atoms with Crippen molar-refractivity contribution in [3.8, 4) is 6.07 Å². The minimum Gasteiger partial charge on any atom is -0.258 e. The van der Waals surface area contributed by atoms with Gasteiger partial charge in [-0.25, -0.2) is 8.42 Å². The lowest BCUT2D eigenvalue weighted by Crippen LogP contribution is -2.02. The van der Waals surface area contributed by atoms with Crippen molar-refractivity contribution < 1.29 is 13.3 Å². The fourth-order valence-corrected chi connectivity index (χ4v) is 2.85. The van der Waals surface area contributed by atoms with E-state index in [0.29, 0.717) is 0 Å². The first kappa shape index (κ1) is 12.9. The van der Waals surface area contributed by atoms with Gasteiger partial charge in [-0.2, -0.15) is 5.26 Å². The molecule has 0 aliphatic carbocycles. The molecule has 0 bridgehead atoms. The Bertz CT molecular complexity index is 608. The van der Waals surface area contributed by atoms with Crippen molar-refractivity contribution in [2.75, 3.05) is 0 Å². The summed E-state index contributed by atoms with van der Waals surface area (Å²) < 4.78 is 22.5. The SMILES string of the molecule is N#Cc1c(Br)ccc([N+](=O)[O-])c1S(=O)(=O)Cl. The van der Waals surface area contributed by atoms with Crippen molar-refractivity contribution in [1.82, 2.24) is 0 Å². The first-order valence-corrected chi connectivity index (χ1v) is 6.71. The number of hydrogen-bond donors (Lipinski definition) is 0. The quantitative estimate of drug-likeness (QED) is 0.471. The van der Waals surface area contributed by atoms with Gasteiger partial charge < -0.3 is 0 Å². The number of hydrogen-bond acceptors (Lipinski definition) is 5. The van der Waals surface area contributed by atoms with Gasteiger partial charge in [-0.1, -0.05) is 0 Å². The Kier molecular flexibility index (Phi) is 3.52. The monoisotopic (exact) mass is 324 g/mol. The summed E-state index contributed by atoms with van der Waals surface area (Å²) in [5, 5.41) is 19.3. The summed E-state index contributed by atoms with van der Waals surface area (Å²) in [6.07, 6.45) is 0. The molecule has 0 aromatic heterocycles. The predicted molar refractivity (Wildman–Crippen MR) is 58.6 cm³/mol. The molecule has 0 aliphatic heterocycles. The van der Waals surface area contributed by atoms with Gasteiger partial charge in [0.2, 0.25) is 0 Å². The maximum Gasteiger partial charge on any atom is 0.290 e. The first-order valence-electron chi connectivity index (χ1n) is 3.60. The number of nitriles is 1. The molecule has 1 aromatic rings. The zero-order valence-corrected chi connectivity index (χ0v) is 10.5. The molecule has 0 N–H and O–H groups in total. The van der Waals surface area contributed by atoms with Gasteiger partial charge in [-0.15, -0.1) is 0 Å². The van der Waals surface area contributed by atoms with E-state index < -0.39 is 24.6 Å². The van der Waals surface area contributed by atoms with Crippen molar-refractivity contribution >= 4 is 41.4 Å². The highest BCUT2D eigenvalue weighted by Gasteiger charge is 2.29. The van der Waals surface area contributed by atoms with Crippen molar-refractivity contribution in [2.24, 2.45) is 0 Å². The van der Waals surface area contributed by atoms with E-state index >= 15 is 0 Å².